The van der Waals surface area contributed by atoms with Gasteiger partial charge in [-0.05, 0) is 6.42 Å². The molecule has 0 fully saturated rings. The lowest BCUT2D eigenvalue weighted by atomic mass is 10.0. The first-order valence-corrected chi connectivity index (χ1v) is 12.1. The van der Waals surface area contributed by atoms with Gasteiger partial charge in [0.15, 0.2) is 0 Å². The number of unbranched alkanes of at least 4 members (excludes halogenated alkanes) is 13. The van der Waals surface area contributed by atoms with E-state index in [4.69, 9.17) is 24.5 Å². The second-order valence-electron chi connectivity index (χ2n) is 8.28. The molecule has 180 valence electrons. The lowest BCUT2D eigenvalue weighted by Crippen LogP contribution is -2.40. The van der Waals surface area contributed by atoms with Crippen molar-refractivity contribution >= 4 is 7.32 Å². The number of aliphatic hydroxyl groups is 3. The van der Waals surface area contributed by atoms with E-state index in [2.05, 4.69) is 6.92 Å². The maximum Gasteiger partial charge on any atom is 0.634 e. The predicted molar refractivity (Wildman–Crippen MR) is 120 cm³/mol. The van der Waals surface area contributed by atoms with Gasteiger partial charge in [0.05, 0.1) is 25.9 Å². The van der Waals surface area contributed by atoms with Gasteiger partial charge in [-0.1, -0.05) is 96.8 Å². The Labute approximate surface area is 184 Å². The molecule has 0 rings (SSSR count). The third-order valence-electron chi connectivity index (χ3n) is 5.45. The predicted octanol–water partition coefficient (Wildman–Crippen LogP) is 2.94. The number of hydrogen-bond acceptors (Lipinski definition) is 7. The Balaban J connectivity index is 3.78. The van der Waals surface area contributed by atoms with E-state index >= 15 is 0 Å². The van der Waals surface area contributed by atoms with Crippen molar-refractivity contribution < 1.29 is 34.8 Å². The number of rotatable bonds is 23. The summed E-state index contributed by atoms with van der Waals surface area (Å²) in [5.74, 6) is 0. The van der Waals surface area contributed by atoms with Crippen LogP contribution in [0.2, 0.25) is 0 Å². The summed E-state index contributed by atoms with van der Waals surface area (Å²) in [4.78, 5) is 0. The van der Waals surface area contributed by atoms with Crippen LogP contribution in [0.15, 0.2) is 0 Å². The second kappa shape index (κ2) is 22.0. The van der Waals surface area contributed by atoms with Crippen molar-refractivity contribution in [3.8, 4) is 0 Å². The fraction of sp³-hybridized carbons (Fsp3) is 1.00. The Hall–Kier alpha value is -0.215. The summed E-state index contributed by atoms with van der Waals surface area (Å²) in [6.07, 6.45) is 15.6. The summed E-state index contributed by atoms with van der Waals surface area (Å²) in [5.41, 5.74) is 0. The normalized spacial score (nSPS) is 14.6. The fourth-order valence-corrected chi connectivity index (χ4v) is 3.60. The molecule has 0 aromatic carbocycles. The van der Waals surface area contributed by atoms with E-state index in [0.717, 1.165) is 19.3 Å². The topological polar surface area (TPSA) is 120 Å². The smallest absolute Gasteiger partial charge is 0.402 e. The molecule has 0 saturated heterocycles. The van der Waals surface area contributed by atoms with Gasteiger partial charge >= 0.3 is 7.32 Å². The van der Waals surface area contributed by atoms with E-state index in [0.29, 0.717) is 6.42 Å². The molecule has 5 N–H and O–H groups in total. The van der Waals surface area contributed by atoms with Crippen molar-refractivity contribution in [2.24, 2.45) is 0 Å². The SMILES string of the molecule is CCCCCCCCCCCCCCCCC(OB(O)O)C(CO)OCC(O)CO. The molecule has 0 heterocycles. The van der Waals surface area contributed by atoms with E-state index in [1.807, 2.05) is 0 Å². The van der Waals surface area contributed by atoms with Gasteiger partial charge in [0, 0.05) is 0 Å². The van der Waals surface area contributed by atoms with Gasteiger partial charge in [0.2, 0.25) is 0 Å². The van der Waals surface area contributed by atoms with Gasteiger partial charge in [-0.25, -0.2) is 0 Å². The highest BCUT2D eigenvalue weighted by atomic mass is 16.6. The van der Waals surface area contributed by atoms with Crippen molar-refractivity contribution in [1.29, 1.82) is 0 Å². The summed E-state index contributed by atoms with van der Waals surface area (Å²) in [7, 11) is -1.94. The molecule has 0 saturated carbocycles. The van der Waals surface area contributed by atoms with Gasteiger partial charge < -0.3 is 34.8 Å². The maximum atomic E-state index is 9.50. The van der Waals surface area contributed by atoms with Gasteiger partial charge in [0.25, 0.3) is 0 Å². The third-order valence-corrected chi connectivity index (χ3v) is 5.45. The zero-order valence-electron chi connectivity index (χ0n) is 19.1. The number of aliphatic hydroxyl groups excluding tert-OH is 3. The van der Waals surface area contributed by atoms with Crippen molar-refractivity contribution in [3.05, 3.63) is 0 Å². The second-order valence-corrected chi connectivity index (χ2v) is 8.28. The molecule has 3 atom stereocenters. The molecule has 0 aliphatic rings. The maximum absolute atomic E-state index is 9.50. The number of ether oxygens (including phenoxy) is 1. The Morgan fingerprint density at radius 2 is 1.13 bits per heavy atom. The van der Waals surface area contributed by atoms with Crippen molar-refractivity contribution in [1.82, 2.24) is 0 Å². The van der Waals surface area contributed by atoms with Gasteiger partial charge in [0.1, 0.15) is 12.2 Å². The third kappa shape index (κ3) is 18.5. The first-order chi connectivity index (χ1) is 14.5. The molecule has 0 aromatic rings. The largest absolute Gasteiger partial charge is 0.634 e. The fourth-order valence-electron chi connectivity index (χ4n) is 3.60. The van der Waals surface area contributed by atoms with E-state index in [1.54, 1.807) is 0 Å². The minimum atomic E-state index is -1.94. The molecule has 30 heavy (non-hydrogen) atoms. The van der Waals surface area contributed by atoms with Gasteiger partial charge in [-0.15, -0.1) is 0 Å². The average Bonchev–Trinajstić information content (AvgIpc) is 2.73. The number of hydrogen-bond donors (Lipinski definition) is 5. The molecule has 0 spiro atoms. The molecule has 0 bridgehead atoms. The summed E-state index contributed by atoms with van der Waals surface area (Å²) >= 11 is 0. The molecular formula is C22H47BO7. The molecule has 0 aliphatic heterocycles. The van der Waals surface area contributed by atoms with Crippen LogP contribution in [0.25, 0.3) is 0 Å². The van der Waals surface area contributed by atoms with Crippen LogP contribution < -0.4 is 0 Å². The highest BCUT2D eigenvalue weighted by molar-refractivity contribution is 6.32. The van der Waals surface area contributed by atoms with Crippen molar-refractivity contribution in [3.63, 3.8) is 0 Å². The van der Waals surface area contributed by atoms with Crippen LogP contribution in [0.3, 0.4) is 0 Å². The zero-order chi connectivity index (χ0) is 22.5. The zero-order valence-corrected chi connectivity index (χ0v) is 19.1. The monoisotopic (exact) mass is 434 g/mol. The minimum Gasteiger partial charge on any atom is -0.402 e. The summed E-state index contributed by atoms with van der Waals surface area (Å²) in [5, 5.41) is 45.9. The van der Waals surface area contributed by atoms with Crippen molar-refractivity contribution in [2.45, 2.75) is 122 Å². The molecule has 8 heteroatoms. The Morgan fingerprint density at radius 1 is 0.667 bits per heavy atom. The lowest BCUT2D eigenvalue weighted by molar-refractivity contribution is -0.0959. The van der Waals surface area contributed by atoms with Crippen LogP contribution in [0.4, 0.5) is 0 Å². The molecule has 0 radical (unpaired) electrons. The average molecular weight is 434 g/mol. The minimum absolute atomic E-state index is 0.151. The van der Waals surface area contributed by atoms with Crippen LogP contribution >= 0.6 is 0 Å². The lowest BCUT2D eigenvalue weighted by Gasteiger charge is -2.27. The van der Waals surface area contributed by atoms with Crippen LogP contribution in [-0.4, -0.2) is 70.8 Å². The molecular weight excluding hydrogens is 387 g/mol. The van der Waals surface area contributed by atoms with Crippen LogP contribution in [0.5, 0.6) is 0 Å². The Morgan fingerprint density at radius 3 is 1.53 bits per heavy atom. The highest BCUT2D eigenvalue weighted by Gasteiger charge is 2.27. The highest BCUT2D eigenvalue weighted by Crippen LogP contribution is 2.17. The van der Waals surface area contributed by atoms with E-state index in [-0.39, 0.29) is 13.2 Å². The summed E-state index contributed by atoms with van der Waals surface area (Å²) < 4.78 is 10.4. The van der Waals surface area contributed by atoms with Crippen LogP contribution in [0, 0.1) is 0 Å². The summed E-state index contributed by atoms with van der Waals surface area (Å²) in [6, 6.07) is 0. The molecule has 0 aliphatic carbocycles. The Bertz CT molecular complexity index is 347. The van der Waals surface area contributed by atoms with Crippen molar-refractivity contribution in [2.75, 3.05) is 19.8 Å². The van der Waals surface area contributed by atoms with E-state index < -0.39 is 32.2 Å². The van der Waals surface area contributed by atoms with Gasteiger partial charge in [-0.2, -0.15) is 0 Å². The first kappa shape index (κ1) is 29.8. The molecule has 0 aromatic heterocycles. The molecule has 3 unspecified atom stereocenters. The van der Waals surface area contributed by atoms with E-state index in [9.17, 15) is 10.2 Å². The van der Waals surface area contributed by atoms with E-state index in [1.165, 1.54) is 70.6 Å². The molecule has 0 amide bonds. The Kier molecular flexibility index (Phi) is 21.8. The summed E-state index contributed by atoms with van der Waals surface area (Å²) in [6.45, 7) is 1.29. The quantitative estimate of drug-likeness (QED) is 0.124. The first-order valence-electron chi connectivity index (χ1n) is 12.1. The van der Waals surface area contributed by atoms with Crippen LogP contribution in [0.1, 0.15) is 103 Å². The molecule has 7 nitrogen and oxygen atoms in total. The van der Waals surface area contributed by atoms with Crippen LogP contribution in [-0.2, 0) is 9.39 Å². The van der Waals surface area contributed by atoms with Gasteiger partial charge in [-0.3, -0.25) is 0 Å². The standard InChI is InChI=1S/C22H47BO7/c1-2-3-4-5-6-7-8-9-10-11-12-13-14-15-16-21(30-23(27)28)22(18-25)29-19-20(26)17-24/h20-22,24-28H,2-19H2,1H3.